The number of nitrogens with zero attached hydrogens (tertiary/aromatic N) is 2. The van der Waals surface area contributed by atoms with Gasteiger partial charge in [-0.1, -0.05) is 18.2 Å². The Kier molecular flexibility index (Phi) is 3.27. The van der Waals surface area contributed by atoms with Gasteiger partial charge in [0.25, 0.3) is 0 Å². The number of halogens is 1. The van der Waals surface area contributed by atoms with Crippen LogP contribution in [0.15, 0.2) is 59.3 Å². The maximum Gasteiger partial charge on any atom is 0.122 e. The quantitative estimate of drug-likeness (QED) is 0.787. The summed E-state index contributed by atoms with van der Waals surface area (Å²) in [6.45, 7) is 0. The Labute approximate surface area is 119 Å². The van der Waals surface area contributed by atoms with Crippen LogP contribution < -0.4 is 0 Å². The molecule has 1 atom stereocenters. The number of pyridine rings is 2. The van der Waals surface area contributed by atoms with Gasteiger partial charge >= 0.3 is 0 Å². The third-order valence-corrected chi connectivity index (χ3v) is 3.47. The monoisotopic (exact) mass is 314 g/mol. The summed E-state index contributed by atoms with van der Waals surface area (Å²) in [6, 6.07) is 13.2. The van der Waals surface area contributed by atoms with Gasteiger partial charge in [0.05, 0.1) is 11.2 Å². The van der Waals surface area contributed by atoms with E-state index in [0.717, 1.165) is 20.9 Å². The highest BCUT2D eigenvalue weighted by Gasteiger charge is 2.14. The molecule has 0 saturated heterocycles. The highest BCUT2D eigenvalue weighted by molar-refractivity contribution is 9.10. The third-order valence-electron chi connectivity index (χ3n) is 3.00. The Bertz CT molecular complexity index is 707. The van der Waals surface area contributed by atoms with E-state index in [1.165, 1.54) is 0 Å². The number of hydrogen-bond acceptors (Lipinski definition) is 3. The van der Waals surface area contributed by atoms with Crippen LogP contribution >= 0.6 is 15.9 Å². The van der Waals surface area contributed by atoms with Crippen LogP contribution in [0.25, 0.3) is 10.9 Å². The molecule has 3 nitrogen and oxygen atoms in total. The number of rotatable bonds is 2. The van der Waals surface area contributed by atoms with Gasteiger partial charge in [0.15, 0.2) is 0 Å². The summed E-state index contributed by atoms with van der Waals surface area (Å²) >= 11 is 3.34. The molecular formula is C15H11BrN2O. The molecule has 0 bridgehead atoms. The fraction of sp³-hybridized carbons (Fsp3) is 0.0667. The number of aliphatic hydroxyl groups excluding tert-OH is 1. The zero-order valence-electron chi connectivity index (χ0n) is 9.99. The first-order valence-corrected chi connectivity index (χ1v) is 6.68. The minimum Gasteiger partial charge on any atom is -0.382 e. The molecule has 0 spiro atoms. The summed E-state index contributed by atoms with van der Waals surface area (Å²) in [5.74, 6) is 0. The molecule has 1 unspecified atom stereocenters. The second-order valence-corrected chi connectivity index (χ2v) is 5.14. The van der Waals surface area contributed by atoms with Crippen molar-refractivity contribution >= 4 is 26.8 Å². The highest BCUT2D eigenvalue weighted by Crippen LogP contribution is 2.27. The van der Waals surface area contributed by atoms with Gasteiger partial charge in [-0.2, -0.15) is 0 Å². The van der Waals surface area contributed by atoms with Gasteiger partial charge in [-0.25, -0.2) is 0 Å². The lowest BCUT2D eigenvalue weighted by atomic mass is 10.0. The molecule has 4 heteroatoms. The van der Waals surface area contributed by atoms with Crippen molar-refractivity contribution in [2.24, 2.45) is 0 Å². The van der Waals surface area contributed by atoms with Gasteiger partial charge in [0.1, 0.15) is 6.10 Å². The van der Waals surface area contributed by atoms with Crippen molar-refractivity contribution in [2.75, 3.05) is 0 Å². The van der Waals surface area contributed by atoms with Crippen LogP contribution in [0.2, 0.25) is 0 Å². The van der Waals surface area contributed by atoms with Crippen LogP contribution in [0.3, 0.4) is 0 Å². The predicted molar refractivity (Wildman–Crippen MR) is 77.7 cm³/mol. The molecule has 0 radical (unpaired) electrons. The molecule has 2 aromatic heterocycles. The zero-order valence-corrected chi connectivity index (χ0v) is 11.6. The smallest absolute Gasteiger partial charge is 0.122 e. The maximum absolute atomic E-state index is 10.5. The predicted octanol–water partition coefficient (Wildman–Crippen LogP) is 3.47. The fourth-order valence-corrected chi connectivity index (χ4v) is 2.31. The van der Waals surface area contributed by atoms with E-state index in [1.807, 2.05) is 42.5 Å². The van der Waals surface area contributed by atoms with E-state index in [4.69, 9.17) is 0 Å². The van der Waals surface area contributed by atoms with Crippen LogP contribution in [-0.2, 0) is 0 Å². The Morgan fingerprint density at radius 3 is 2.68 bits per heavy atom. The SMILES string of the molecule is OC(c1ccc(Br)cn1)c1cccc2ncccc12. The molecule has 0 saturated carbocycles. The number of aromatic nitrogens is 2. The van der Waals surface area contributed by atoms with Gasteiger partial charge in [-0.05, 0) is 45.8 Å². The van der Waals surface area contributed by atoms with E-state index in [2.05, 4.69) is 25.9 Å². The van der Waals surface area contributed by atoms with Crippen molar-refractivity contribution in [3.63, 3.8) is 0 Å². The lowest BCUT2D eigenvalue weighted by Crippen LogP contribution is -2.03. The van der Waals surface area contributed by atoms with Gasteiger partial charge in [0.2, 0.25) is 0 Å². The highest BCUT2D eigenvalue weighted by atomic mass is 79.9. The van der Waals surface area contributed by atoms with Crippen LogP contribution in [0.4, 0.5) is 0 Å². The maximum atomic E-state index is 10.5. The van der Waals surface area contributed by atoms with E-state index >= 15 is 0 Å². The molecule has 2 heterocycles. The Balaban J connectivity index is 2.11. The molecule has 3 rings (SSSR count). The topological polar surface area (TPSA) is 46.0 Å². The Morgan fingerprint density at radius 1 is 1.00 bits per heavy atom. The van der Waals surface area contributed by atoms with Crippen molar-refractivity contribution in [1.29, 1.82) is 0 Å². The van der Waals surface area contributed by atoms with Gasteiger partial charge < -0.3 is 5.11 Å². The van der Waals surface area contributed by atoms with Crippen LogP contribution in [-0.4, -0.2) is 15.1 Å². The van der Waals surface area contributed by atoms with Crippen molar-refractivity contribution in [3.8, 4) is 0 Å². The molecule has 0 amide bonds. The fourth-order valence-electron chi connectivity index (χ4n) is 2.07. The normalized spacial score (nSPS) is 12.5. The van der Waals surface area contributed by atoms with E-state index in [-0.39, 0.29) is 0 Å². The largest absolute Gasteiger partial charge is 0.382 e. The molecule has 1 N–H and O–H groups in total. The van der Waals surface area contributed by atoms with E-state index in [9.17, 15) is 5.11 Å². The molecule has 3 aromatic rings. The van der Waals surface area contributed by atoms with E-state index < -0.39 is 6.10 Å². The van der Waals surface area contributed by atoms with Crippen LogP contribution in [0, 0.1) is 0 Å². The lowest BCUT2D eigenvalue weighted by molar-refractivity contribution is 0.217. The molecule has 94 valence electrons. The van der Waals surface area contributed by atoms with Gasteiger partial charge in [-0.3, -0.25) is 9.97 Å². The summed E-state index contributed by atoms with van der Waals surface area (Å²) < 4.78 is 0.892. The van der Waals surface area contributed by atoms with Gasteiger partial charge in [0, 0.05) is 22.3 Å². The van der Waals surface area contributed by atoms with Crippen LogP contribution in [0.5, 0.6) is 0 Å². The molecule has 0 aliphatic heterocycles. The molecule has 0 aliphatic carbocycles. The Morgan fingerprint density at radius 2 is 1.89 bits per heavy atom. The standard InChI is InChI=1S/C15H11BrN2O/c16-10-6-7-14(18-9-10)15(19)12-3-1-5-13-11(12)4-2-8-17-13/h1-9,15,19H. The third kappa shape index (κ3) is 2.37. The number of benzene rings is 1. The van der Waals surface area contributed by atoms with Crippen molar-refractivity contribution in [3.05, 3.63) is 70.6 Å². The summed E-state index contributed by atoms with van der Waals surface area (Å²) in [6.07, 6.45) is 2.68. The van der Waals surface area contributed by atoms with Crippen LogP contribution in [0.1, 0.15) is 17.4 Å². The first-order chi connectivity index (χ1) is 9.25. The minimum atomic E-state index is -0.749. The summed E-state index contributed by atoms with van der Waals surface area (Å²) in [5, 5.41) is 11.4. The molecule has 0 fully saturated rings. The van der Waals surface area contributed by atoms with Crippen molar-refractivity contribution < 1.29 is 5.11 Å². The summed E-state index contributed by atoms with van der Waals surface area (Å²) in [4.78, 5) is 8.54. The van der Waals surface area contributed by atoms with Crippen molar-refractivity contribution in [2.45, 2.75) is 6.10 Å². The molecule has 0 aliphatic rings. The second kappa shape index (κ2) is 5.07. The Hall–Kier alpha value is -1.78. The van der Waals surface area contributed by atoms with E-state index in [1.54, 1.807) is 12.4 Å². The molecular weight excluding hydrogens is 304 g/mol. The number of aliphatic hydroxyl groups is 1. The summed E-state index contributed by atoms with van der Waals surface area (Å²) in [7, 11) is 0. The number of fused-ring (bicyclic) bond motifs is 1. The number of hydrogen-bond donors (Lipinski definition) is 1. The minimum absolute atomic E-state index is 0.625. The van der Waals surface area contributed by atoms with Crippen molar-refractivity contribution in [1.82, 2.24) is 9.97 Å². The summed E-state index contributed by atoms with van der Waals surface area (Å²) in [5.41, 5.74) is 2.32. The second-order valence-electron chi connectivity index (χ2n) is 4.22. The molecule has 19 heavy (non-hydrogen) atoms. The average Bonchev–Trinajstić information content (AvgIpc) is 2.47. The zero-order chi connectivity index (χ0) is 13.2. The molecule has 1 aromatic carbocycles. The first-order valence-electron chi connectivity index (χ1n) is 5.89. The first kappa shape index (κ1) is 12.3. The lowest BCUT2D eigenvalue weighted by Gasteiger charge is -2.13. The van der Waals surface area contributed by atoms with E-state index in [0.29, 0.717) is 5.69 Å². The average molecular weight is 315 g/mol. The van der Waals surface area contributed by atoms with Gasteiger partial charge in [-0.15, -0.1) is 0 Å².